The van der Waals surface area contributed by atoms with Crippen molar-refractivity contribution >= 4 is 11.6 Å². The number of hydrogen-bond acceptors (Lipinski definition) is 5. The summed E-state index contributed by atoms with van der Waals surface area (Å²) in [5, 5.41) is 0. The van der Waals surface area contributed by atoms with Crippen molar-refractivity contribution in [3.63, 3.8) is 0 Å². The number of Topliss-reactive ketones (excluding diaryl/α,β-unsaturated/α-hetero) is 1. The second kappa shape index (κ2) is 7.57. The van der Waals surface area contributed by atoms with Gasteiger partial charge in [0, 0.05) is 31.2 Å². The molecule has 0 saturated carbocycles. The summed E-state index contributed by atoms with van der Waals surface area (Å²) < 4.78 is 5.23. The Kier molecular flexibility index (Phi) is 5.24. The fourth-order valence-corrected chi connectivity index (χ4v) is 3.25. The Morgan fingerprint density at radius 2 is 2.08 bits per heavy atom. The fourth-order valence-electron chi connectivity index (χ4n) is 3.25. The summed E-state index contributed by atoms with van der Waals surface area (Å²) in [4.78, 5) is 21.4. The molecule has 3 rings (SSSR count). The summed E-state index contributed by atoms with van der Waals surface area (Å²) in [7, 11) is 1.62. The summed E-state index contributed by atoms with van der Waals surface area (Å²) in [6.45, 7) is 2.98. The molecule has 2 N–H and O–H groups in total. The van der Waals surface area contributed by atoms with Crippen molar-refractivity contribution in [2.45, 2.75) is 38.8 Å². The number of benzene rings is 1. The first-order chi connectivity index (χ1) is 12.1. The lowest BCUT2D eigenvalue weighted by molar-refractivity contribution is -0.118. The number of carbonyl (C=O) groups excluding carboxylic acids is 1. The second-order valence-electron chi connectivity index (χ2n) is 6.46. The smallest absolute Gasteiger partial charge is 0.139 e. The molecule has 130 valence electrons. The Bertz CT molecular complexity index is 800. The minimum atomic E-state index is 0.180. The number of pyridine rings is 1. The minimum Gasteiger partial charge on any atom is -0.383 e. The average Bonchev–Trinajstić information content (AvgIpc) is 2.97. The number of ether oxygens (including phenoxy) is 1. The first-order valence-corrected chi connectivity index (χ1v) is 8.46. The van der Waals surface area contributed by atoms with Crippen molar-refractivity contribution in [1.82, 2.24) is 4.98 Å². The molecule has 0 amide bonds. The van der Waals surface area contributed by atoms with E-state index in [1.165, 1.54) is 5.56 Å². The van der Waals surface area contributed by atoms with Crippen molar-refractivity contribution in [1.29, 1.82) is 0 Å². The summed E-state index contributed by atoms with van der Waals surface area (Å²) in [5.74, 6) is 0.879. The van der Waals surface area contributed by atoms with Crippen LogP contribution in [-0.2, 0) is 29.1 Å². The Hall–Kier alpha value is -2.53. The van der Waals surface area contributed by atoms with Gasteiger partial charge in [0.25, 0.3) is 0 Å². The third-order valence-corrected chi connectivity index (χ3v) is 4.47. The third kappa shape index (κ3) is 3.94. The van der Waals surface area contributed by atoms with E-state index in [4.69, 9.17) is 10.5 Å². The molecule has 1 aliphatic rings. The highest BCUT2D eigenvalue weighted by Gasteiger charge is 2.21. The summed E-state index contributed by atoms with van der Waals surface area (Å²) in [6, 6.07) is 12.0. The highest BCUT2D eigenvalue weighted by Crippen LogP contribution is 2.23. The van der Waals surface area contributed by atoms with Crippen molar-refractivity contribution < 1.29 is 9.53 Å². The molecule has 5 nitrogen and oxygen atoms in total. The van der Waals surface area contributed by atoms with Gasteiger partial charge in [0.05, 0.1) is 18.8 Å². The second-order valence-corrected chi connectivity index (χ2v) is 6.46. The quantitative estimate of drug-likeness (QED) is 0.843. The van der Waals surface area contributed by atoms with E-state index in [1.54, 1.807) is 7.11 Å². The number of nitrogens with zero attached hydrogens (tertiary/aromatic N) is 2. The standard InChI is InChI=1S/C20H23N3O2/c1-13(14-6-4-3-5-7-14)8-17(24)10-16-9-15-11-22-20(21)19(15)18(23-16)12-25-2/h3-7,9,13H,8,10-12H2,1-2H3,(H2,21,22)/t13-/m0/s1. The molecular formula is C20H23N3O2. The largest absolute Gasteiger partial charge is 0.383 e. The van der Waals surface area contributed by atoms with Crippen LogP contribution in [0.2, 0.25) is 0 Å². The zero-order valence-electron chi connectivity index (χ0n) is 14.7. The number of methoxy groups -OCH3 is 1. The van der Waals surface area contributed by atoms with Crippen LogP contribution < -0.4 is 5.73 Å². The van der Waals surface area contributed by atoms with Crippen LogP contribution in [0, 0.1) is 0 Å². The maximum Gasteiger partial charge on any atom is 0.139 e. The molecule has 0 saturated heterocycles. The number of ketones is 1. The van der Waals surface area contributed by atoms with E-state index < -0.39 is 0 Å². The zero-order chi connectivity index (χ0) is 17.8. The minimum absolute atomic E-state index is 0.180. The highest BCUT2D eigenvalue weighted by atomic mass is 16.5. The molecule has 1 aromatic heterocycles. The molecule has 1 atom stereocenters. The maximum absolute atomic E-state index is 12.5. The topological polar surface area (TPSA) is 77.6 Å². The lowest BCUT2D eigenvalue weighted by Crippen LogP contribution is -2.17. The number of carbonyl (C=O) groups is 1. The van der Waals surface area contributed by atoms with Gasteiger partial charge in [-0.1, -0.05) is 37.3 Å². The Morgan fingerprint density at radius 3 is 2.80 bits per heavy atom. The Labute approximate surface area is 147 Å². The van der Waals surface area contributed by atoms with E-state index in [-0.39, 0.29) is 11.7 Å². The lowest BCUT2D eigenvalue weighted by Gasteiger charge is -2.13. The molecule has 1 aromatic carbocycles. The molecule has 0 unspecified atom stereocenters. The molecule has 25 heavy (non-hydrogen) atoms. The van der Waals surface area contributed by atoms with E-state index >= 15 is 0 Å². The van der Waals surface area contributed by atoms with E-state index in [1.807, 2.05) is 24.3 Å². The van der Waals surface area contributed by atoms with Crippen LogP contribution in [0.1, 0.15) is 47.3 Å². The molecule has 5 heteroatoms. The third-order valence-electron chi connectivity index (χ3n) is 4.47. The van der Waals surface area contributed by atoms with Crippen LogP contribution in [-0.4, -0.2) is 23.7 Å². The average molecular weight is 337 g/mol. The van der Waals surface area contributed by atoms with E-state index in [9.17, 15) is 4.79 Å². The van der Waals surface area contributed by atoms with Gasteiger partial charge in [-0.2, -0.15) is 0 Å². The van der Waals surface area contributed by atoms with Crippen LogP contribution in [0.3, 0.4) is 0 Å². The summed E-state index contributed by atoms with van der Waals surface area (Å²) in [5.41, 5.74) is 10.6. The van der Waals surface area contributed by atoms with Gasteiger partial charge < -0.3 is 10.5 Å². The predicted octanol–water partition coefficient (Wildman–Crippen LogP) is 2.75. The van der Waals surface area contributed by atoms with Gasteiger partial charge in [0.15, 0.2) is 0 Å². The monoisotopic (exact) mass is 337 g/mol. The number of fused-ring (bicyclic) bond motifs is 1. The first kappa shape index (κ1) is 17.3. The van der Waals surface area contributed by atoms with Gasteiger partial charge in [0.2, 0.25) is 0 Å². The van der Waals surface area contributed by atoms with Crippen LogP contribution in [0.5, 0.6) is 0 Å². The van der Waals surface area contributed by atoms with Gasteiger partial charge in [-0.05, 0) is 23.1 Å². The van der Waals surface area contributed by atoms with Gasteiger partial charge in [0.1, 0.15) is 11.6 Å². The molecular weight excluding hydrogens is 314 g/mol. The number of nitrogens with two attached hydrogens (primary N) is 1. The Morgan fingerprint density at radius 1 is 1.32 bits per heavy atom. The van der Waals surface area contributed by atoms with Crippen molar-refractivity contribution in [3.05, 3.63) is 64.5 Å². The SMILES string of the molecule is COCc1nc(CC(=O)C[C@H](C)c2ccccc2)cc2c1C(N)=NC2. The summed E-state index contributed by atoms with van der Waals surface area (Å²) in [6.07, 6.45) is 0.822. The number of aromatic nitrogens is 1. The molecule has 1 aliphatic heterocycles. The first-order valence-electron chi connectivity index (χ1n) is 8.46. The molecule has 0 radical (unpaired) electrons. The number of aliphatic imine (C=N–C) groups is 1. The van der Waals surface area contributed by atoms with Gasteiger partial charge in [-0.3, -0.25) is 14.8 Å². The normalized spacial score (nSPS) is 14.1. The highest BCUT2D eigenvalue weighted by molar-refractivity contribution is 6.01. The molecule has 0 fully saturated rings. The van der Waals surface area contributed by atoms with E-state index in [0.717, 1.165) is 22.5 Å². The van der Waals surface area contributed by atoms with Gasteiger partial charge in [-0.15, -0.1) is 0 Å². The van der Waals surface area contributed by atoms with Crippen molar-refractivity contribution in [3.8, 4) is 0 Å². The van der Waals surface area contributed by atoms with Crippen LogP contribution in [0.25, 0.3) is 0 Å². The molecule has 2 heterocycles. The molecule has 0 aliphatic carbocycles. The Balaban J connectivity index is 1.73. The van der Waals surface area contributed by atoms with Crippen molar-refractivity contribution in [2.24, 2.45) is 10.7 Å². The van der Waals surface area contributed by atoms with Gasteiger partial charge >= 0.3 is 0 Å². The number of amidine groups is 1. The predicted molar refractivity (Wildman–Crippen MR) is 97.6 cm³/mol. The molecule has 2 aromatic rings. The van der Waals surface area contributed by atoms with E-state index in [2.05, 4.69) is 29.0 Å². The zero-order valence-corrected chi connectivity index (χ0v) is 14.7. The van der Waals surface area contributed by atoms with Crippen LogP contribution in [0.4, 0.5) is 0 Å². The van der Waals surface area contributed by atoms with Gasteiger partial charge in [-0.25, -0.2) is 0 Å². The molecule has 0 bridgehead atoms. The summed E-state index contributed by atoms with van der Waals surface area (Å²) >= 11 is 0. The number of rotatable bonds is 7. The molecule has 0 spiro atoms. The van der Waals surface area contributed by atoms with E-state index in [0.29, 0.717) is 31.8 Å². The maximum atomic E-state index is 12.5. The number of hydrogen-bond donors (Lipinski definition) is 1. The van der Waals surface area contributed by atoms with Crippen LogP contribution in [0.15, 0.2) is 41.4 Å². The van der Waals surface area contributed by atoms with Crippen molar-refractivity contribution in [2.75, 3.05) is 7.11 Å². The fraction of sp³-hybridized carbons (Fsp3) is 0.350. The lowest BCUT2D eigenvalue weighted by atomic mass is 9.94. The van der Waals surface area contributed by atoms with Crippen LogP contribution >= 0.6 is 0 Å².